The first kappa shape index (κ1) is 14.3. The number of nitrogens with one attached hydrogen (secondary N) is 2. The zero-order chi connectivity index (χ0) is 16.4. The lowest BCUT2D eigenvalue weighted by molar-refractivity contribution is 0.174. The number of anilines is 1. The topological polar surface area (TPSA) is 72.5 Å². The Balaban J connectivity index is 1.43. The normalized spacial score (nSPS) is 12.2. The van der Waals surface area contributed by atoms with Crippen LogP contribution in [-0.2, 0) is 6.54 Å². The summed E-state index contributed by atoms with van der Waals surface area (Å²) in [6.07, 6.45) is 1.71. The van der Waals surface area contributed by atoms with Crippen LogP contribution in [0.5, 0.6) is 11.5 Å². The average Bonchev–Trinajstić information content (AvgIpc) is 3.08. The van der Waals surface area contributed by atoms with Gasteiger partial charge in [0.05, 0.1) is 11.2 Å². The van der Waals surface area contributed by atoms with Gasteiger partial charge in [-0.25, -0.2) is 4.79 Å². The number of carbonyl (C=O) groups is 1. The fourth-order valence-corrected chi connectivity index (χ4v) is 2.60. The van der Waals surface area contributed by atoms with Crippen molar-refractivity contribution in [2.24, 2.45) is 0 Å². The van der Waals surface area contributed by atoms with E-state index in [9.17, 15) is 4.79 Å². The molecule has 0 radical (unpaired) electrons. The highest BCUT2D eigenvalue weighted by Crippen LogP contribution is 2.32. The first-order valence-electron chi connectivity index (χ1n) is 7.57. The van der Waals surface area contributed by atoms with E-state index in [1.165, 1.54) is 0 Å². The third-order valence-corrected chi connectivity index (χ3v) is 3.77. The van der Waals surface area contributed by atoms with E-state index in [-0.39, 0.29) is 12.8 Å². The Hall–Kier alpha value is -3.28. The number of para-hydroxylation sites is 1. The number of urea groups is 1. The maximum atomic E-state index is 12.2. The van der Waals surface area contributed by atoms with Crippen molar-refractivity contribution in [3.63, 3.8) is 0 Å². The number of nitrogens with zero attached hydrogens (tertiary/aromatic N) is 1. The zero-order valence-corrected chi connectivity index (χ0v) is 12.8. The number of pyridine rings is 1. The molecule has 2 heterocycles. The largest absolute Gasteiger partial charge is 0.454 e. The molecule has 0 unspecified atom stereocenters. The van der Waals surface area contributed by atoms with E-state index in [1.54, 1.807) is 6.20 Å². The highest BCUT2D eigenvalue weighted by Gasteiger charge is 2.13. The van der Waals surface area contributed by atoms with Gasteiger partial charge in [0.2, 0.25) is 6.79 Å². The molecule has 1 aromatic heterocycles. The van der Waals surface area contributed by atoms with E-state index in [0.717, 1.165) is 22.2 Å². The van der Waals surface area contributed by atoms with E-state index < -0.39 is 0 Å². The van der Waals surface area contributed by atoms with E-state index in [0.29, 0.717) is 18.0 Å². The van der Waals surface area contributed by atoms with Gasteiger partial charge in [0.1, 0.15) is 0 Å². The number of rotatable bonds is 3. The molecule has 3 aromatic rings. The second-order valence-corrected chi connectivity index (χ2v) is 5.38. The van der Waals surface area contributed by atoms with Gasteiger partial charge in [0.25, 0.3) is 0 Å². The molecular formula is C18H15N3O3. The van der Waals surface area contributed by atoms with Crippen molar-refractivity contribution in [2.45, 2.75) is 6.54 Å². The number of carbonyl (C=O) groups excluding carboxylic acids is 1. The molecule has 120 valence electrons. The third-order valence-electron chi connectivity index (χ3n) is 3.77. The molecule has 0 saturated heterocycles. The van der Waals surface area contributed by atoms with Gasteiger partial charge in [-0.2, -0.15) is 0 Å². The second kappa shape index (κ2) is 6.08. The maximum Gasteiger partial charge on any atom is 0.319 e. The number of benzene rings is 2. The quantitative estimate of drug-likeness (QED) is 0.776. The summed E-state index contributed by atoms with van der Waals surface area (Å²) in [6.45, 7) is 0.626. The van der Waals surface area contributed by atoms with Crippen molar-refractivity contribution in [1.82, 2.24) is 10.3 Å². The Morgan fingerprint density at radius 3 is 2.92 bits per heavy atom. The summed E-state index contributed by atoms with van der Waals surface area (Å²) >= 11 is 0. The second-order valence-electron chi connectivity index (χ2n) is 5.38. The number of fused-ring (bicyclic) bond motifs is 2. The molecule has 0 bridgehead atoms. The fraction of sp³-hybridized carbons (Fsp3) is 0.111. The van der Waals surface area contributed by atoms with Crippen LogP contribution in [0.3, 0.4) is 0 Å². The number of aromatic nitrogens is 1. The monoisotopic (exact) mass is 321 g/mol. The molecule has 2 N–H and O–H groups in total. The molecule has 2 aromatic carbocycles. The van der Waals surface area contributed by atoms with Gasteiger partial charge in [-0.05, 0) is 29.8 Å². The van der Waals surface area contributed by atoms with Crippen LogP contribution in [0.15, 0.2) is 54.7 Å². The minimum atomic E-state index is -0.286. The highest BCUT2D eigenvalue weighted by atomic mass is 16.7. The molecule has 1 aliphatic rings. The van der Waals surface area contributed by atoms with Crippen molar-refractivity contribution < 1.29 is 14.3 Å². The van der Waals surface area contributed by atoms with Gasteiger partial charge >= 0.3 is 6.03 Å². The van der Waals surface area contributed by atoms with Crippen LogP contribution in [0, 0.1) is 0 Å². The first-order valence-corrected chi connectivity index (χ1v) is 7.57. The predicted molar refractivity (Wildman–Crippen MR) is 90.2 cm³/mol. The smallest absolute Gasteiger partial charge is 0.319 e. The summed E-state index contributed by atoms with van der Waals surface area (Å²) in [5, 5.41) is 6.65. The molecule has 4 rings (SSSR count). The standard InChI is InChI=1S/C18H15N3O3/c22-18(20-10-12-6-7-15-16(9-12)24-11-23-15)21-14-5-1-3-13-4-2-8-19-17(13)14/h1-9H,10-11H2,(H2,20,21,22). The number of hydrogen-bond donors (Lipinski definition) is 2. The maximum absolute atomic E-state index is 12.2. The molecule has 6 nitrogen and oxygen atoms in total. The molecule has 0 atom stereocenters. The SMILES string of the molecule is O=C(NCc1ccc2c(c1)OCO2)Nc1cccc2cccnc12. The summed E-state index contributed by atoms with van der Waals surface area (Å²) in [5.74, 6) is 1.43. The van der Waals surface area contributed by atoms with E-state index >= 15 is 0 Å². The van der Waals surface area contributed by atoms with Crippen molar-refractivity contribution in [3.05, 3.63) is 60.3 Å². The third kappa shape index (κ3) is 2.81. The number of ether oxygens (including phenoxy) is 2. The summed E-state index contributed by atoms with van der Waals surface area (Å²) in [5.41, 5.74) is 2.37. The summed E-state index contributed by atoms with van der Waals surface area (Å²) in [7, 11) is 0. The Morgan fingerprint density at radius 1 is 1.08 bits per heavy atom. The lowest BCUT2D eigenvalue weighted by Crippen LogP contribution is -2.28. The van der Waals surface area contributed by atoms with Crippen LogP contribution < -0.4 is 20.1 Å². The molecule has 2 amide bonds. The Bertz CT molecular complexity index is 906. The molecule has 0 saturated carbocycles. The minimum Gasteiger partial charge on any atom is -0.454 e. The van der Waals surface area contributed by atoms with E-state index in [1.807, 2.05) is 48.5 Å². The van der Waals surface area contributed by atoms with Crippen molar-refractivity contribution in [1.29, 1.82) is 0 Å². The summed E-state index contributed by atoms with van der Waals surface area (Å²) in [4.78, 5) is 16.5. The van der Waals surface area contributed by atoms with Crippen molar-refractivity contribution >= 4 is 22.6 Å². The summed E-state index contributed by atoms with van der Waals surface area (Å²) < 4.78 is 10.6. The van der Waals surface area contributed by atoms with Gasteiger partial charge in [0, 0.05) is 18.1 Å². The highest BCUT2D eigenvalue weighted by molar-refractivity contribution is 5.99. The molecule has 6 heteroatoms. The fourth-order valence-electron chi connectivity index (χ4n) is 2.60. The minimum absolute atomic E-state index is 0.237. The van der Waals surface area contributed by atoms with Gasteiger partial charge in [-0.15, -0.1) is 0 Å². The summed E-state index contributed by atoms with van der Waals surface area (Å²) in [6, 6.07) is 14.8. The lowest BCUT2D eigenvalue weighted by atomic mass is 10.2. The zero-order valence-electron chi connectivity index (χ0n) is 12.8. The Morgan fingerprint density at radius 2 is 1.96 bits per heavy atom. The van der Waals surface area contributed by atoms with Crippen molar-refractivity contribution in [2.75, 3.05) is 12.1 Å². The van der Waals surface area contributed by atoms with Gasteiger partial charge in [0.15, 0.2) is 11.5 Å². The predicted octanol–water partition coefficient (Wildman–Crippen LogP) is 3.29. The van der Waals surface area contributed by atoms with Gasteiger partial charge < -0.3 is 20.1 Å². The number of hydrogen-bond acceptors (Lipinski definition) is 4. The molecule has 0 aliphatic carbocycles. The first-order chi connectivity index (χ1) is 11.8. The van der Waals surface area contributed by atoms with Gasteiger partial charge in [-0.3, -0.25) is 4.98 Å². The van der Waals surface area contributed by atoms with Crippen LogP contribution >= 0.6 is 0 Å². The molecule has 0 spiro atoms. The Labute approximate surface area is 138 Å². The molecule has 0 fully saturated rings. The van der Waals surface area contributed by atoms with E-state index in [2.05, 4.69) is 15.6 Å². The molecular weight excluding hydrogens is 306 g/mol. The van der Waals surface area contributed by atoms with Crippen LogP contribution in [0.1, 0.15) is 5.56 Å². The Kier molecular flexibility index (Phi) is 3.63. The van der Waals surface area contributed by atoms with Gasteiger partial charge in [-0.1, -0.05) is 24.3 Å². The molecule has 24 heavy (non-hydrogen) atoms. The average molecular weight is 321 g/mol. The van der Waals surface area contributed by atoms with Crippen molar-refractivity contribution in [3.8, 4) is 11.5 Å². The van der Waals surface area contributed by atoms with Crippen LogP contribution in [0.4, 0.5) is 10.5 Å². The van der Waals surface area contributed by atoms with Crippen LogP contribution in [0.25, 0.3) is 10.9 Å². The molecule has 1 aliphatic heterocycles. The lowest BCUT2D eigenvalue weighted by Gasteiger charge is -2.10. The van der Waals surface area contributed by atoms with Crippen LogP contribution in [0.2, 0.25) is 0 Å². The number of amides is 2. The van der Waals surface area contributed by atoms with E-state index in [4.69, 9.17) is 9.47 Å². The van der Waals surface area contributed by atoms with Crippen LogP contribution in [-0.4, -0.2) is 17.8 Å².